The van der Waals surface area contributed by atoms with Crippen molar-refractivity contribution >= 4 is 21.7 Å². The maximum atomic E-state index is 5.60. The highest BCUT2D eigenvalue weighted by Crippen LogP contribution is 2.25. The van der Waals surface area contributed by atoms with E-state index in [1.54, 1.807) is 0 Å². The lowest BCUT2D eigenvalue weighted by molar-refractivity contribution is 0.463. The Bertz CT molecular complexity index is 476. The van der Waals surface area contributed by atoms with Gasteiger partial charge in [-0.1, -0.05) is 22.0 Å². The summed E-state index contributed by atoms with van der Waals surface area (Å²) < 4.78 is 6.39. The molecule has 0 amide bonds. The number of rotatable bonds is 2. The Morgan fingerprint density at radius 2 is 2.00 bits per heavy atom. The van der Waals surface area contributed by atoms with Crippen molar-refractivity contribution < 1.29 is 4.74 Å². The van der Waals surface area contributed by atoms with Gasteiger partial charge in [0.15, 0.2) is 5.82 Å². The van der Waals surface area contributed by atoms with E-state index in [0.29, 0.717) is 11.6 Å². The highest BCUT2D eigenvalue weighted by molar-refractivity contribution is 9.10. The number of hydrogen-bond acceptors (Lipinski definition) is 4. The molecule has 0 aliphatic carbocycles. The summed E-state index contributed by atoms with van der Waals surface area (Å²) in [5, 5.41) is 0. The Morgan fingerprint density at radius 3 is 2.73 bits per heavy atom. The fourth-order valence-corrected chi connectivity index (χ4v) is 1.44. The van der Waals surface area contributed by atoms with Crippen LogP contribution in [-0.2, 0) is 0 Å². The third-order valence-electron chi connectivity index (χ3n) is 1.70. The van der Waals surface area contributed by atoms with Crippen LogP contribution in [0.4, 0.5) is 5.82 Å². The number of hydrogen-bond donors (Lipinski definition) is 1. The average Bonchev–Trinajstić information content (AvgIpc) is 2.22. The van der Waals surface area contributed by atoms with Crippen molar-refractivity contribution in [1.29, 1.82) is 0 Å². The minimum absolute atomic E-state index is 0.275. The van der Waals surface area contributed by atoms with Crippen LogP contribution >= 0.6 is 15.9 Å². The minimum Gasteiger partial charge on any atom is -0.436 e. The zero-order valence-electron chi connectivity index (χ0n) is 7.72. The Labute approximate surface area is 95.2 Å². The molecule has 2 rings (SSSR count). The van der Waals surface area contributed by atoms with Crippen molar-refractivity contribution in [2.45, 2.75) is 0 Å². The molecule has 0 unspecified atom stereocenters. The Hall–Kier alpha value is -1.62. The third kappa shape index (κ3) is 2.44. The van der Waals surface area contributed by atoms with Crippen LogP contribution < -0.4 is 10.5 Å². The van der Waals surface area contributed by atoms with Gasteiger partial charge >= 0.3 is 0 Å². The molecule has 0 saturated carbocycles. The summed E-state index contributed by atoms with van der Waals surface area (Å²) >= 11 is 3.35. The molecule has 2 aromatic rings. The Balaban J connectivity index is 2.26. The maximum absolute atomic E-state index is 5.60. The summed E-state index contributed by atoms with van der Waals surface area (Å²) in [6.45, 7) is 0. The van der Waals surface area contributed by atoms with Gasteiger partial charge in [0.1, 0.15) is 5.75 Å². The van der Waals surface area contributed by atoms with Gasteiger partial charge in [-0.15, -0.1) is 0 Å². The lowest BCUT2D eigenvalue weighted by atomic mass is 10.3. The van der Waals surface area contributed by atoms with E-state index in [0.717, 1.165) is 4.47 Å². The van der Waals surface area contributed by atoms with Crippen LogP contribution in [0.25, 0.3) is 0 Å². The predicted molar refractivity (Wildman–Crippen MR) is 60.7 cm³/mol. The molecule has 15 heavy (non-hydrogen) atoms. The fraction of sp³-hybridized carbons (Fsp3) is 0. The van der Waals surface area contributed by atoms with E-state index < -0.39 is 0 Å². The van der Waals surface area contributed by atoms with Gasteiger partial charge in [-0.3, -0.25) is 0 Å². The first-order valence-electron chi connectivity index (χ1n) is 4.25. The van der Waals surface area contributed by atoms with Crippen molar-refractivity contribution in [3.8, 4) is 11.6 Å². The summed E-state index contributed by atoms with van der Waals surface area (Å²) in [7, 11) is 0. The first-order chi connectivity index (χ1) is 7.25. The summed E-state index contributed by atoms with van der Waals surface area (Å²) in [4.78, 5) is 7.85. The average molecular weight is 266 g/mol. The molecule has 0 aliphatic heterocycles. The Kier molecular flexibility index (Phi) is 2.82. The number of benzene rings is 1. The number of nitrogens with zero attached hydrogens (tertiary/aromatic N) is 2. The van der Waals surface area contributed by atoms with Crippen LogP contribution in [0.5, 0.6) is 11.6 Å². The molecule has 4 nitrogen and oxygen atoms in total. The molecule has 0 fully saturated rings. The lowest BCUT2D eigenvalue weighted by Crippen LogP contribution is -1.96. The summed E-state index contributed by atoms with van der Waals surface area (Å²) in [6.07, 6.45) is 3.05. The molecule has 0 aliphatic rings. The third-order valence-corrected chi connectivity index (χ3v) is 2.20. The SMILES string of the molecule is Nc1nccnc1Oc1cccc(Br)c1. The first kappa shape index (κ1) is 9.92. The zero-order valence-corrected chi connectivity index (χ0v) is 9.31. The largest absolute Gasteiger partial charge is 0.436 e. The molecule has 0 atom stereocenters. The molecule has 2 N–H and O–H groups in total. The van der Waals surface area contributed by atoms with Gasteiger partial charge in [-0.2, -0.15) is 0 Å². The van der Waals surface area contributed by atoms with Gasteiger partial charge in [0, 0.05) is 16.9 Å². The second-order valence-corrected chi connectivity index (χ2v) is 3.72. The number of halogens is 1. The first-order valence-corrected chi connectivity index (χ1v) is 5.05. The van der Waals surface area contributed by atoms with E-state index in [1.807, 2.05) is 24.3 Å². The predicted octanol–water partition coefficient (Wildman–Crippen LogP) is 2.61. The molecule has 76 valence electrons. The number of anilines is 1. The highest BCUT2D eigenvalue weighted by atomic mass is 79.9. The van der Waals surface area contributed by atoms with Gasteiger partial charge < -0.3 is 10.5 Å². The van der Waals surface area contributed by atoms with Gasteiger partial charge in [-0.05, 0) is 18.2 Å². The molecular weight excluding hydrogens is 258 g/mol. The molecule has 0 bridgehead atoms. The van der Waals surface area contributed by atoms with Crippen LogP contribution in [0.3, 0.4) is 0 Å². The zero-order chi connectivity index (χ0) is 10.7. The van der Waals surface area contributed by atoms with Crippen LogP contribution in [0.2, 0.25) is 0 Å². The summed E-state index contributed by atoms with van der Waals surface area (Å²) in [6, 6.07) is 7.42. The van der Waals surface area contributed by atoms with Crippen LogP contribution in [-0.4, -0.2) is 9.97 Å². The second kappa shape index (κ2) is 4.27. The number of aromatic nitrogens is 2. The van der Waals surface area contributed by atoms with Crippen molar-refractivity contribution in [3.05, 3.63) is 41.1 Å². The van der Waals surface area contributed by atoms with E-state index in [2.05, 4.69) is 25.9 Å². The second-order valence-electron chi connectivity index (χ2n) is 2.81. The van der Waals surface area contributed by atoms with E-state index in [1.165, 1.54) is 12.4 Å². The lowest BCUT2D eigenvalue weighted by Gasteiger charge is -2.05. The molecule has 0 saturated heterocycles. The van der Waals surface area contributed by atoms with E-state index in [9.17, 15) is 0 Å². The van der Waals surface area contributed by atoms with Gasteiger partial charge in [0.25, 0.3) is 5.88 Å². The van der Waals surface area contributed by atoms with E-state index in [-0.39, 0.29) is 5.82 Å². The minimum atomic E-state index is 0.275. The normalized spacial score (nSPS) is 9.93. The van der Waals surface area contributed by atoms with Crippen molar-refractivity contribution in [3.63, 3.8) is 0 Å². The number of nitrogen functional groups attached to an aromatic ring is 1. The number of ether oxygens (including phenoxy) is 1. The molecule has 0 spiro atoms. The molecule has 5 heteroatoms. The van der Waals surface area contributed by atoms with Gasteiger partial charge in [0.2, 0.25) is 0 Å². The van der Waals surface area contributed by atoms with Gasteiger partial charge in [0.05, 0.1) is 0 Å². The monoisotopic (exact) mass is 265 g/mol. The standard InChI is InChI=1S/C10H8BrN3O/c11-7-2-1-3-8(6-7)15-10-9(12)13-4-5-14-10/h1-6H,(H2,12,13). The molecular formula is C10H8BrN3O. The van der Waals surface area contributed by atoms with Crippen LogP contribution in [0.1, 0.15) is 0 Å². The smallest absolute Gasteiger partial charge is 0.262 e. The van der Waals surface area contributed by atoms with Crippen LogP contribution in [0, 0.1) is 0 Å². The topological polar surface area (TPSA) is 61.0 Å². The molecule has 1 aromatic carbocycles. The van der Waals surface area contributed by atoms with Gasteiger partial charge in [-0.25, -0.2) is 9.97 Å². The van der Waals surface area contributed by atoms with E-state index in [4.69, 9.17) is 10.5 Å². The summed E-state index contributed by atoms with van der Waals surface area (Å²) in [5.41, 5.74) is 5.60. The molecule has 0 radical (unpaired) electrons. The molecule has 1 heterocycles. The van der Waals surface area contributed by atoms with Crippen molar-refractivity contribution in [2.24, 2.45) is 0 Å². The van der Waals surface area contributed by atoms with E-state index >= 15 is 0 Å². The summed E-state index contributed by atoms with van der Waals surface area (Å²) in [5.74, 6) is 1.25. The fourth-order valence-electron chi connectivity index (χ4n) is 1.06. The number of nitrogens with two attached hydrogens (primary N) is 1. The van der Waals surface area contributed by atoms with Crippen molar-refractivity contribution in [1.82, 2.24) is 9.97 Å². The highest BCUT2D eigenvalue weighted by Gasteiger charge is 2.03. The van der Waals surface area contributed by atoms with Crippen molar-refractivity contribution in [2.75, 3.05) is 5.73 Å². The Morgan fingerprint density at radius 1 is 1.20 bits per heavy atom. The quantitative estimate of drug-likeness (QED) is 0.907. The van der Waals surface area contributed by atoms with Crippen LogP contribution in [0.15, 0.2) is 41.1 Å². The molecule has 1 aromatic heterocycles. The maximum Gasteiger partial charge on any atom is 0.262 e.